The van der Waals surface area contributed by atoms with E-state index in [9.17, 15) is 36.3 Å². The Morgan fingerprint density at radius 3 is 1.76 bits per heavy atom. The fourth-order valence-corrected chi connectivity index (χ4v) is 6.75. The van der Waals surface area contributed by atoms with Crippen molar-refractivity contribution < 1.29 is 55.3 Å². The van der Waals surface area contributed by atoms with E-state index in [2.05, 4.69) is 5.32 Å². The maximum atomic E-state index is 14.5. The number of anilines is 1. The number of hydrogen-bond acceptors (Lipinski definition) is 7. The summed E-state index contributed by atoms with van der Waals surface area (Å²) >= 11 is 0. The third-order valence-corrected chi connectivity index (χ3v) is 9.41. The van der Waals surface area contributed by atoms with Gasteiger partial charge >= 0.3 is 18.4 Å². The van der Waals surface area contributed by atoms with Crippen molar-refractivity contribution in [2.45, 2.75) is 84.0 Å². The molecule has 2 fully saturated rings. The second-order valence-electron chi connectivity index (χ2n) is 16.5. The lowest BCUT2D eigenvalue weighted by molar-refractivity contribution is -0.137. The molecule has 6 rings (SSSR count). The van der Waals surface area contributed by atoms with E-state index in [1.54, 1.807) is 41.5 Å². The summed E-state index contributed by atoms with van der Waals surface area (Å²) in [5, 5.41) is 2.74. The van der Waals surface area contributed by atoms with Gasteiger partial charge < -0.3 is 34.1 Å². The lowest BCUT2D eigenvalue weighted by Crippen LogP contribution is -2.36. The highest BCUT2D eigenvalue weighted by Crippen LogP contribution is 2.42. The Morgan fingerprint density at radius 1 is 0.644 bits per heavy atom. The molecule has 10 nitrogen and oxygen atoms in total. The van der Waals surface area contributed by atoms with Crippen LogP contribution in [0.3, 0.4) is 0 Å². The molecule has 15 heteroatoms. The van der Waals surface area contributed by atoms with Crippen molar-refractivity contribution in [3.8, 4) is 33.8 Å². The maximum absolute atomic E-state index is 14.5. The predicted octanol–water partition coefficient (Wildman–Crippen LogP) is 10.3. The van der Waals surface area contributed by atoms with E-state index in [-0.39, 0.29) is 58.1 Å². The highest BCUT2D eigenvalue weighted by Gasteiger charge is 2.36. The van der Waals surface area contributed by atoms with E-state index in [0.29, 0.717) is 25.9 Å². The molecule has 0 radical (unpaired) electrons. The molecule has 0 aromatic heterocycles. The third-order valence-electron chi connectivity index (χ3n) is 9.41. The molecular weight excluding hydrogens is 777 g/mol. The van der Waals surface area contributed by atoms with Gasteiger partial charge in [0.1, 0.15) is 34.9 Å². The highest BCUT2D eigenvalue weighted by atomic mass is 19.4. The minimum absolute atomic E-state index is 0.0506. The van der Waals surface area contributed by atoms with Crippen LogP contribution in [-0.4, -0.2) is 77.5 Å². The highest BCUT2D eigenvalue weighted by molar-refractivity contribution is 6.05. The van der Waals surface area contributed by atoms with Crippen LogP contribution in [0.4, 0.5) is 37.2 Å². The van der Waals surface area contributed by atoms with E-state index >= 15 is 0 Å². The summed E-state index contributed by atoms with van der Waals surface area (Å²) in [7, 11) is 0. The Balaban J connectivity index is 1.28. The third kappa shape index (κ3) is 10.8. The van der Waals surface area contributed by atoms with Gasteiger partial charge in [-0.15, -0.1) is 0 Å². The largest absolute Gasteiger partial charge is 0.488 e. The molecule has 2 aliphatic rings. The number of carbonyl (C=O) groups is 3. The summed E-state index contributed by atoms with van der Waals surface area (Å²) in [5.41, 5.74) is -1.79. The van der Waals surface area contributed by atoms with Crippen LogP contribution in [-0.2, 0) is 15.7 Å². The van der Waals surface area contributed by atoms with Crippen molar-refractivity contribution in [2.75, 3.05) is 31.5 Å². The number of rotatable bonds is 8. The zero-order valence-electron chi connectivity index (χ0n) is 33.5. The number of ether oxygens (including phenoxy) is 4. The van der Waals surface area contributed by atoms with Gasteiger partial charge in [-0.3, -0.25) is 4.79 Å². The number of amides is 3. The van der Waals surface area contributed by atoms with Crippen LogP contribution in [0.15, 0.2) is 78.9 Å². The molecule has 0 saturated carbocycles. The van der Waals surface area contributed by atoms with Crippen molar-refractivity contribution in [3.63, 3.8) is 0 Å². The number of nitrogens with zero attached hydrogens (tertiary/aromatic N) is 2. The number of nitrogens with one attached hydrogen (secondary N) is 1. The zero-order valence-corrected chi connectivity index (χ0v) is 33.5. The molecule has 4 aromatic carbocycles. The fourth-order valence-electron chi connectivity index (χ4n) is 6.75. The molecular formula is C44H46F5N3O7. The minimum Gasteiger partial charge on any atom is -0.488 e. The van der Waals surface area contributed by atoms with Gasteiger partial charge in [-0.25, -0.2) is 18.4 Å². The monoisotopic (exact) mass is 823 g/mol. The van der Waals surface area contributed by atoms with E-state index in [4.69, 9.17) is 18.9 Å². The van der Waals surface area contributed by atoms with Crippen LogP contribution in [0.2, 0.25) is 0 Å². The molecule has 0 bridgehead atoms. The van der Waals surface area contributed by atoms with Gasteiger partial charge in [0.25, 0.3) is 5.91 Å². The number of halogens is 5. The van der Waals surface area contributed by atoms with Crippen LogP contribution in [0, 0.1) is 11.6 Å². The van der Waals surface area contributed by atoms with Gasteiger partial charge in [-0.2, -0.15) is 13.2 Å². The second kappa shape index (κ2) is 16.8. The van der Waals surface area contributed by atoms with E-state index in [1.807, 2.05) is 0 Å². The minimum atomic E-state index is -4.72. The molecule has 2 saturated heterocycles. The Bertz CT molecular complexity index is 2220. The first-order valence-corrected chi connectivity index (χ1v) is 19.1. The molecule has 0 unspecified atom stereocenters. The number of alkyl halides is 3. The molecule has 1 N–H and O–H groups in total. The standard InChI is InChI=1S/C44H46F5N3O7/c1-42(2,3)58-40(54)51-19-17-29(24-51)56-37-15-12-27(21-32(37)26-11-14-35(45)36(46)22-26)39(53)50-28-13-16-38(33(23-28)31-9-7-8-10-34(31)44(47,48)49)57-30-18-20-52(25-30)41(55)59-43(4,5)6/h7-16,21-23,29-30H,17-20,24-25H2,1-6H3,(H,50,53)/t29-,30-/m0/s1. The molecule has 2 atom stereocenters. The van der Waals surface area contributed by atoms with Gasteiger partial charge in [0.05, 0.1) is 18.7 Å². The van der Waals surface area contributed by atoms with Gasteiger partial charge in [0.15, 0.2) is 11.6 Å². The summed E-state index contributed by atoms with van der Waals surface area (Å²) in [6.45, 7) is 11.6. The Hall–Kier alpha value is -5.86. The van der Waals surface area contributed by atoms with Crippen LogP contribution >= 0.6 is 0 Å². The van der Waals surface area contributed by atoms with Crippen LogP contribution < -0.4 is 14.8 Å². The average Bonchev–Trinajstić information content (AvgIpc) is 3.82. The molecule has 4 aromatic rings. The number of benzene rings is 4. The smallest absolute Gasteiger partial charge is 0.417 e. The van der Waals surface area contributed by atoms with Gasteiger partial charge in [-0.1, -0.05) is 24.3 Å². The van der Waals surface area contributed by atoms with Crippen LogP contribution in [0.25, 0.3) is 22.3 Å². The summed E-state index contributed by atoms with van der Waals surface area (Å²) in [5.74, 6) is -2.50. The average molecular weight is 824 g/mol. The quantitative estimate of drug-likeness (QED) is 0.176. The predicted molar refractivity (Wildman–Crippen MR) is 210 cm³/mol. The van der Waals surface area contributed by atoms with Gasteiger partial charge in [-0.05, 0) is 107 Å². The van der Waals surface area contributed by atoms with Gasteiger partial charge in [0, 0.05) is 48.3 Å². The first-order valence-electron chi connectivity index (χ1n) is 19.1. The van der Waals surface area contributed by atoms with E-state index in [0.717, 1.165) is 18.2 Å². The molecule has 0 aliphatic carbocycles. The SMILES string of the molecule is CC(C)(C)OC(=O)N1CC[C@H](Oc2ccc(C(=O)Nc3ccc(O[C@H]4CCN(C(=O)OC(C)(C)C)C4)c(-c4ccccc4C(F)(F)F)c3)cc2-c2ccc(F)c(F)c2)C1. The lowest BCUT2D eigenvalue weighted by Gasteiger charge is -2.24. The van der Waals surface area contributed by atoms with Crippen LogP contribution in [0.5, 0.6) is 11.5 Å². The van der Waals surface area contributed by atoms with Gasteiger partial charge in [0.2, 0.25) is 0 Å². The molecule has 59 heavy (non-hydrogen) atoms. The summed E-state index contributed by atoms with van der Waals surface area (Å²) in [6, 6.07) is 17.0. The molecule has 3 amide bonds. The van der Waals surface area contributed by atoms with E-state index < -0.39 is 64.9 Å². The van der Waals surface area contributed by atoms with E-state index in [1.165, 1.54) is 70.5 Å². The fraction of sp³-hybridized carbons (Fsp3) is 0.386. The summed E-state index contributed by atoms with van der Waals surface area (Å²) in [4.78, 5) is 42.2. The first-order chi connectivity index (χ1) is 27.6. The zero-order chi connectivity index (χ0) is 42.9. The number of hydrogen-bond donors (Lipinski definition) is 1. The van der Waals surface area contributed by atoms with Crippen molar-refractivity contribution in [1.82, 2.24) is 9.80 Å². The molecule has 314 valence electrons. The molecule has 2 aliphatic heterocycles. The topological polar surface area (TPSA) is 107 Å². The van der Waals surface area contributed by atoms with Crippen LogP contribution in [0.1, 0.15) is 70.3 Å². The Kier molecular flexibility index (Phi) is 12.2. The van der Waals surface area contributed by atoms with Crippen molar-refractivity contribution in [2.24, 2.45) is 0 Å². The number of likely N-dealkylation sites (tertiary alicyclic amines) is 2. The Labute approximate surface area is 339 Å². The molecule has 0 spiro atoms. The van der Waals surface area contributed by atoms with Crippen molar-refractivity contribution >= 4 is 23.8 Å². The normalized spacial score (nSPS) is 17.1. The first kappa shape index (κ1) is 42.7. The maximum Gasteiger partial charge on any atom is 0.417 e. The summed E-state index contributed by atoms with van der Waals surface area (Å²) < 4.78 is 95.0. The van der Waals surface area contributed by atoms with Crippen molar-refractivity contribution in [3.05, 3.63) is 102 Å². The molecule has 2 heterocycles. The van der Waals surface area contributed by atoms with Crippen molar-refractivity contribution in [1.29, 1.82) is 0 Å². The second-order valence-corrected chi connectivity index (χ2v) is 16.5. The summed E-state index contributed by atoms with van der Waals surface area (Å²) in [6.07, 6.45) is -5.92. The number of carbonyl (C=O) groups excluding carboxylic acids is 3. The lowest BCUT2D eigenvalue weighted by atomic mass is 9.97. The Morgan fingerprint density at radius 2 is 1.20 bits per heavy atom.